The summed E-state index contributed by atoms with van der Waals surface area (Å²) in [6.45, 7) is 10.2. The van der Waals surface area contributed by atoms with Crippen LogP contribution in [0, 0.1) is 0 Å². The molecule has 2 saturated heterocycles. The lowest BCUT2D eigenvalue weighted by Gasteiger charge is -2.19. The number of amides is 7. The minimum Gasteiger partial charge on any atom is -0.379 e. The molecule has 500 valence electrons. The topological polar surface area (TPSA) is 324 Å². The SMILES string of the molecule is CSC1CC(=O)N(CCC(=O)CCCOCCOCCOCCOCCC(=O)NCCCCC(NC(=O)CCOCCOCCOCCOCCCC(=O)CCN2C(=O)CC(SC)C2=O)C(=O)NCCOCCOCCOCCOCCC(C)=O)C1=O. The Morgan fingerprint density at radius 1 is 0.414 bits per heavy atom. The molecule has 0 radical (unpaired) electrons. The number of hydrogen-bond donors (Lipinski definition) is 3. The van der Waals surface area contributed by atoms with Crippen LogP contribution in [0.15, 0.2) is 0 Å². The third-order valence-corrected chi connectivity index (χ3v) is 14.9. The van der Waals surface area contributed by atoms with Gasteiger partial charge in [0.25, 0.3) is 0 Å². The number of nitrogens with zero attached hydrogens (tertiary/aromatic N) is 2. The smallest absolute Gasteiger partial charge is 0.242 e. The van der Waals surface area contributed by atoms with Crippen LogP contribution < -0.4 is 16.0 Å². The van der Waals surface area contributed by atoms with E-state index in [1.54, 1.807) is 12.5 Å². The van der Waals surface area contributed by atoms with Gasteiger partial charge in [-0.05, 0) is 51.5 Å². The second-order valence-electron chi connectivity index (χ2n) is 20.0. The molecule has 27 nitrogen and oxygen atoms in total. The van der Waals surface area contributed by atoms with Gasteiger partial charge in [0.2, 0.25) is 41.4 Å². The van der Waals surface area contributed by atoms with Gasteiger partial charge in [-0.15, -0.1) is 0 Å². The molecule has 0 spiro atoms. The maximum absolute atomic E-state index is 13.2. The van der Waals surface area contributed by atoms with Crippen molar-refractivity contribution in [3.63, 3.8) is 0 Å². The van der Waals surface area contributed by atoms with Gasteiger partial charge < -0.3 is 72.8 Å². The molecule has 3 unspecified atom stereocenters. The maximum Gasteiger partial charge on any atom is 0.242 e. The Kier molecular flexibility index (Phi) is 48.8. The second kappa shape index (κ2) is 53.7. The van der Waals surface area contributed by atoms with E-state index < -0.39 is 6.04 Å². The summed E-state index contributed by atoms with van der Waals surface area (Å²) in [4.78, 5) is 125. The minimum atomic E-state index is -0.827. The summed E-state index contributed by atoms with van der Waals surface area (Å²) in [5, 5.41) is 7.78. The predicted octanol–water partition coefficient (Wildman–Crippen LogP) is 1.29. The van der Waals surface area contributed by atoms with E-state index in [2.05, 4.69) is 16.0 Å². The summed E-state index contributed by atoms with van der Waals surface area (Å²) < 4.78 is 66.0. The molecule has 2 rings (SSSR count). The minimum absolute atomic E-state index is 0.0172. The zero-order valence-corrected chi connectivity index (χ0v) is 53.3. The molecule has 0 aliphatic carbocycles. The van der Waals surface area contributed by atoms with Crippen molar-refractivity contribution in [2.45, 2.75) is 113 Å². The average molecular weight is 1280 g/mol. The first kappa shape index (κ1) is 79.0. The van der Waals surface area contributed by atoms with Gasteiger partial charge in [-0.3, -0.25) is 57.7 Å². The lowest BCUT2D eigenvalue weighted by atomic mass is 10.1. The molecule has 0 bridgehead atoms. The van der Waals surface area contributed by atoms with Gasteiger partial charge in [0, 0.05) is 97.2 Å². The van der Waals surface area contributed by atoms with E-state index in [4.69, 9.17) is 56.8 Å². The van der Waals surface area contributed by atoms with Crippen molar-refractivity contribution in [3.8, 4) is 0 Å². The fourth-order valence-corrected chi connectivity index (χ4v) is 9.41. The molecule has 0 aromatic rings. The summed E-state index contributed by atoms with van der Waals surface area (Å²) in [5.41, 5.74) is 0. The van der Waals surface area contributed by atoms with Gasteiger partial charge in [-0.25, -0.2) is 0 Å². The number of unbranched alkanes of at least 4 members (excludes halogenated alkanes) is 1. The van der Waals surface area contributed by atoms with Crippen molar-refractivity contribution >= 4 is 82.2 Å². The number of rotatable bonds is 62. The van der Waals surface area contributed by atoms with Crippen LogP contribution in [0.1, 0.15) is 96.8 Å². The predicted molar refractivity (Wildman–Crippen MR) is 321 cm³/mol. The molecule has 0 aromatic carbocycles. The maximum atomic E-state index is 13.2. The molecule has 0 aromatic heterocycles. The van der Waals surface area contributed by atoms with Crippen molar-refractivity contribution in [2.75, 3.05) is 197 Å². The summed E-state index contributed by atoms with van der Waals surface area (Å²) in [6.07, 6.45) is 7.93. The molecule has 87 heavy (non-hydrogen) atoms. The standard InChI is InChI=1S/C58H99N5O22S2/c1-46(64)13-22-76-28-34-82-42-43-85-37-31-79-25-17-60-56(71)49(61-53(68)15-24-78-30-36-84-41-39-81-33-27-75-21-7-9-48(66)12-19-63-55(70)45-51(87-3)58(63)73)10-4-5-16-59-52(67)14-23-77-29-35-83-40-38-80-32-26-74-20-6-8-47(65)11-18-62-54(69)44-50(86-2)57(62)72/h49-51H,4-45H2,1-3H3,(H,59,67)(H,60,71)(H,61,68). The van der Waals surface area contributed by atoms with Crippen LogP contribution in [0.5, 0.6) is 0 Å². The number of carbonyl (C=O) groups is 10. The highest BCUT2D eigenvalue weighted by Gasteiger charge is 2.39. The van der Waals surface area contributed by atoms with Crippen LogP contribution in [0.3, 0.4) is 0 Å². The molecule has 29 heteroatoms. The monoisotopic (exact) mass is 1280 g/mol. The Balaban J connectivity index is 1.51. The van der Waals surface area contributed by atoms with Gasteiger partial charge in [-0.1, -0.05) is 0 Å². The Morgan fingerprint density at radius 2 is 0.770 bits per heavy atom. The van der Waals surface area contributed by atoms with E-state index in [1.165, 1.54) is 40.2 Å². The molecule has 3 atom stereocenters. The van der Waals surface area contributed by atoms with E-state index >= 15 is 0 Å². The first-order chi connectivity index (χ1) is 42.3. The van der Waals surface area contributed by atoms with Gasteiger partial charge in [-0.2, -0.15) is 23.5 Å². The lowest BCUT2D eigenvalue weighted by Crippen LogP contribution is -2.47. The van der Waals surface area contributed by atoms with Gasteiger partial charge in [0.05, 0.1) is 156 Å². The third-order valence-electron chi connectivity index (χ3n) is 13.0. The van der Waals surface area contributed by atoms with Gasteiger partial charge in [0.15, 0.2) is 0 Å². The van der Waals surface area contributed by atoms with Crippen LogP contribution in [0.2, 0.25) is 0 Å². The quantitative estimate of drug-likeness (QED) is 0.0571. The third kappa shape index (κ3) is 41.8. The molecule has 7 amide bonds. The lowest BCUT2D eigenvalue weighted by molar-refractivity contribution is -0.140. The molecular formula is C58H99N5O22S2. The zero-order valence-electron chi connectivity index (χ0n) is 51.6. The number of thioether (sulfide) groups is 2. The van der Waals surface area contributed by atoms with E-state index in [1.807, 2.05) is 0 Å². The molecule has 2 aliphatic heterocycles. The van der Waals surface area contributed by atoms with Crippen molar-refractivity contribution in [2.24, 2.45) is 0 Å². The number of ether oxygens (including phenoxy) is 12. The van der Waals surface area contributed by atoms with Gasteiger partial charge >= 0.3 is 0 Å². The first-order valence-electron chi connectivity index (χ1n) is 30.3. The second-order valence-corrected chi connectivity index (χ2v) is 22.0. The zero-order chi connectivity index (χ0) is 63.4. The molecule has 2 heterocycles. The van der Waals surface area contributed by atoms with Crippen LogP contribution >= 0.6 is 23.5 Å². The number of likely N-dealkylation sites (tertiary alicyclic amines) is 2. The van der Waals surface area contributed by atoms with E-state index in [9.17, 15) is 47.9 Å². The fourth-order valence-electron chi connectivity index (χ4n) is 8.14. The number of hydrogen-bond acceptors (Lipinski definition) is 24. The molecule has 0 saturated carbocycles. The van der Waals surface area contributed by atoms with Crippen LogP contribution in [0.4, 0.5) is 0 Å². The van der Waals surface area contributed by atoms with E-state index in [0.29, 0.717) is 183 Å². The van der Waals surface area contributed by atoms with Crippen LogP contribution in [0.25, 0.3) is 0 Å². The summed E-state index contributed by atoms with van der Waals surface area (Å²) in [7, 11) is 0. The summed E-state index contributed by atoms with van der Waals surface area (Å²) >= 11 is 2.69. The highest BCUT2D eigenvalue weighted by Crippen LogP contribution is 2.24. The van der Waals surface area contributed by atoms with Crippen molar-refractivity contribution in [1.29, 1.82) is 0 Å². The molecule has 3 N–H and O–H groups in total. The number of imide groups is 2. The normalized spacial score (nSPS) is 15.4. The molecule has 2 fully saturated rings. The van der Waals surface area contributed by atoms with Crippen molar-refractivity contribution < 1.29 is 105 Å². The van der Waals surface area contributed by atoms with Crippen LogP contribution in [-0.4, -0.2) is 282 Å². The Bertz CT molecular complexity index is 1960. The number of ketones is 3. The first-order valence-corrected chi connectivity index (χ1v) is 32.9. The molecule has 2 aliphatic rings. The Labute approximate surface area is 521 Å². The Morgan fingerprint density at radius 3 is 1.15 bits per heavy atom. The van der Waals surface area contributed by atoms with Crippen LogP contribution in [-0.2, 0) is 105 Å². The highest BCUT2D eigenvalue weighted by atomic mass is 32.2. The average Bonchev–Trinajstić information content (AvgIpc) is 2.63. The van der Waals surface area contributed by atoms with Gasteiger partial charge in [0.1, 0.15) is 23.4 Å². The number of nitrogens with one attached hydrogen (secondary N) is 3. The van der Waals surface area contributed by atoms with E-state index in [0.717, 1.165) is 0 Å². The Hall–Kier alpha value is -4.08. The summed E-state index contributed by atoms with van der Waals surface area (Å²) in [5.74, 6) is -1.76. The molecular weight excluding hydrogens is 1180 g/mol. The number of Topliss-reactive ketones (excluding diaryl/α,β-unsaturated/α-hetero) is 3. The van der Waals surface area contributed by atoms with Crippen molar-refractivity contribution in [1.82, 2.24) is 25.8 Å². The van der Waals surface area contributed by atoms with Crippen molar-refractivity contribution in [3.05, 3.63) is 0 Å². The number of carbonyl (C=O) groups excluding carboxylic acids is 10. The summed E-state index contributed by atoms with van der Waals surface area (Å²) in [6, 6.07) is -0.827. The highest BCUT2D eigenvalue weighted by molar-refractivity contribution is 8.00. The van der Waals surface area contributed by atoms with E-state index in [-0.39, 0.29) is 160 Å². The fraction of sp³-hybridized carbons (Fsp3) is 0.828. The largest absolute Gasteiger partial charge is 0.379 e.